The second-order valence-electron chi connectivity index (χ2n) is 6.04. The number of anilines is 1. The zero-order valence-electron chi connectivity index (χ0n) is 14.5. The van der Waals surface area contributed by atoms with Gasteiger partial charge in [0, 0.05) is 17.2 Å². The maximum absolute atomic E-state index is 12.7. The molecule has 0 atom stereocenters. The van der Waals surface area contributed by atoms with Gasteiger partial charge in [-0.25, -0.2) is 8.42 Å². The quantitative estimate of drug-likeness (QED) is 0.494. The highest BCUT2D eigenvalue weighted by molar-refractivity contribution is 7.92. The molecule has 28 heavy (non-hydrogen) atoms. The van der Waals surface area contributed by atoms with Crippen LogP contribution < -0.4 is 14.2 Å². The molecule has 4 rings (SSSR count). The first-order valence-electron chi connectivity index (χ1n) is 8.06. The minimum atomic E-state index is -3.99. The normalized spacial score (nSPS) is 12.8. The zero-order chi connectivity index (χ0) is 19.9. The fourth-order valence-corrected chi connectivity index (χ4v) is 3.96. The van der Waals surface area contributed by atoms with Crippen LogP contribution in [0.5, 0.6) is 11.5 Å². The van der Waals surface area contributed by atoms with E-state index in [0.29, 0.717) is 22.6 Å². The molecule has 10 nitrogen and oxygen atoms in total. The average molecular weight is 402 g/mol. The standard InChI is InChI=1S/C17H14N4O6S/c1-10-6-12(3-4-14(10)21(22)23)28(24,25)20-17-13(8-18-19-17)11-2-5-15-16(7-11)27-9-26-15/h2-8H,9H2,1H3,(H2,18,19,20). The number of nitrogens with zero attached hydrogens (tertiary/aromatic N) is 2. The molecule has 1 aromatic heterocycles. The third kappa shape index (κ3) is 3.11. The SMILES string of the molecule is Cc1cc(S(=O)(=O)Nc2[nH]ncc2-c2ccc3c(c2)OCO3)ccc1[N+](=O)[O-]. The van der Waals surface area contributed by atoms with Crippen molar-refractivity contribution in [1.29, 1.82) is 0 Å². The van der Waals surface area contributed by atoms with E-state index in [0.717, 1.165) is 6.07 Å². The van der Waals surface area contributed by atoms with Crippen molar-refractivity contribution in [2.45, 2.75) is 11.8 Å². The number of rotatable bonds is 5. The molecule has 0 radical (unpaired) electrons. The molecular weight excluding hydrogens is 388 g/mol. The number of fused-ring (bicyclic) bond motifs is 1. The number of sulfonamides is 1. The maximum atomic E-state index is 12.7. The van der Waals surface area contributed by atoms with Crippen LogP contribution in [0.4, 0.5) is 11.5 Å². The molecule has 0 spiro atoms. The van der Waals surface area contributed by atoms with E-state index in [2.05, 4.69) is 14.9 Å². The van der Waals surface area contributed by atoms with Crippen molar-refractivity contribution in [3.63, 3.8) is 0 Å². The molecule has 1 aliphatic rings. The number of aromatic nitrogens is 2. The van der Waals surface area contributed by atoms with E-state index in [-0.39, 0.29) is 28.8 Å². The van der Waals surface area contributed by atoms with E-state index in [1.807, 2.05) is 0 Å². The summed E-state index contributed by atoms with van der Waals surface area (Å²) in [6.07, 6.45) is 1.48. The van der Waals surface area contributed by atoms with E-state index >= 15 is 0 Å². The molecule has 0 saturated heterocycles. The lowest BCUT2D eigenvalue weighted by Crippen LogP contribution is -2.14. The molecule has 0 unspecified atom stereocenters. The molecule has 2 heterocycles. The number of aromatic amines is 1. The van der Waals surface area contributed by atoms with Crippen LogP contribution in [-0.4, -0.2) is 30.3 Å². The number of H-pyrrole nitrogens is 1. The monoisotopic (exact) mass is 402 g/mol. The second-order valence-corrected chi connectivity index (χ2v) is 7.72. The number of hydrogen-bond acceptors (Lipinski definition) is 7. The molecule has 0 amide bonds. The molecule has 3 aromatic rings. The van der Waals surface area contributed by atoms with Crippen molar-refractivity contribution in [3.05, 3.63) is 58.3 Å². The van der Waals surface area contributed by atoms with Crippen molar-refractivity contribution >= 4 is 21.5 Å². The van der Waals surface area contributed by atoms with Gasteiger partial charge in [-0.15, -0.1) is 0 Å². The smallest absolute Gasteiger partial charge is 0.272 e. The summed E-state index contributed by atoms with van der Waals surface area (Å²) in [4.78, 5) is 10.3. The summed E-state index contributed by atoms with van der Waals surface area (Å²) in [6, 6.07) is 8.80. The van der Waals surface area contributed by atoms with Crippen molar-refractivity contribution in [2.24, 2.45) is 0 Å². The summed E-state index contributed by atoms with van der Waals surface area (Å²) in [5, 5.41) is 17.5. The lowest BCUT2D eigenvalue weighted by atomic mass is 10.1. The number of ether oxygens (including phenoxy) is 2. The van der Waals surface area contributed by atoms with Crippen LogP contribution in [0.2, 0.25) is 0 Å². The van der Waals surface area contributed by atoms with Gasteiger partial charge < -0.3 is 9.47 Å². The minimum Gasteiger partial charge on any atom is -0.454 e. The fraction of sp³-hybridized carbons (Fsp3) is 0.118. The predicted octanol–water partition coefficient (Wildman–Crippen LogP) is 2.82. The van der Waals surface area contributed by atoms with Crippen LogP contribution in [0, 0.1) is 17.0 Å². The first kappa shape index (κ1) is 17.8. The number of nitro groups is 1. The van der Waals surface area contributed by atoms with Gasteiger partial charge in [-0.2, -0.15) is 5.10 Å². The van der Waals surface area contributed by atoms with Gasteiger partial charge in [-0.3, -0.25) is 19.9 Å². The maximum Gasteiger partial charge on any atom is 0.272 e. The molecular formula is C17H14N4O6S. The molecule has 0 saturated carbocycles. The van der Waals surface area contributed by atoms with E-state index in [9.17, 15) is 18.5 Å². The van der Waals surface area contributed by atoms with E-state index in [1.165, 1.54) is 25.3 Å². The topological polar surface area (TPSA) is 136 Å². The summed E-state index contributed by atoms with van der Waals surface area (Å²) in [5.41, 5.74) is 1.28. The minimum absolute atomic E-state index is 0.0955. The highest BCUT2D eigenvalue weighted by Crippen LogP contribution is 2.37. The molecule has 0 bridgehead atoms. The summed E-state index contributed by atoms with van der Waals surface area (Å²) in [7, 11) is -3.99. The molecule has 0 fully saturated rings. The second kappa shape index (κ2) is 6.53. The lowest BCUT2D eigenvalue weighted by Gasteiger charge is -2.09. The van der Waals surface area contributed by atoms with Crippen LogP contribution in [0.25, 0.3) is 11.1 Å². The Kier molecular flexibility index (Phi) is 4.15. The van der Waals surface area contributed by atoms with Crippen molar-refractivity contribution in [3.8, 4) is 22.6 Å². The fourth-order valence-electron chi connectivity index (χ4n) is 2.84. The van der Waals surface area contributed by atoms with Crippen molar-refractivity contribution in [1.82, 2.24) is 10.2 Å². The largest absolute Gasteiger partial charge is 0.454 e. The number of nitro benzene ring substituents is 1. The van der Waals surface area contributed by atoms with Gasteiger partial charge in [0.2, 0.25) is 6.79 Å². The van der Waals surface area contributed by atoms with Crippen LogP contribution in [0.15, 0.2) is 47.5 Å². The zero-order valence-corrected chi connectivity index (χ0v) is 15.3. The van der Waals surface area contributed by atoms with E-state index in [4.69, 9.17) is 9.47 Å². The summed E-state index contributed by atoms with van der Waals surface area (Å²) in [5.74, 6) is 1.32. The molecule has 1 aliphatic heterocycles. The van der Waals surface area contributed by atoms with Gasteiger partial charge in [-0.1, -0.05) is 6.07 Å². The Bertz CT molecular complexity index is 1190. The molecule has 2 aromatic carbocycles. The number of aryl methyl sites for hydroxylation is 1. The van der Waals surface area contributed by atoms with Gasteiger partial charge in [-0.05, 0) is 36.8 Å². The van der Waals surface area contributed by atoms with Gasteiger partial charge in [0.25, 0.3) is 15.7 Å². The first-order valence-corrected chi connectivity index (χ1v) is 9.55. The third-order valence-corrected chi connectivity index (χ3v) is 5.58. The van der Waals surface area contributed by atoms with Gasteiger partial charge in [0.1, 0.15) is 5.82 Å². The third-order valence-electron chi connectivity index (χ3n) is 4.23. The van der Waals surface area contributed by atoms with Crippen LogP contribution in [0.3, 0.4) is 0 Å². The lowest BCUT2D eigenvalue weighted by molar-refractivity contribution is -0.385. The predicted molar refractivity (Wildman–Crippen MR) is 98.8 cm³/mol. The van der Waals surface area contributed by atoms with Crippen LogP contribution >= 0.6 is 0 Å². The number of benzene rings is 2. The molecule has 2 N–H and O–H groups in total. The highest BCUT2D eigenvalue weighted by Gasteiger charge is 2.22. The number of hydrogen-bond donors (Lipinski definition) is 2. The molecule has 144 valence electrons. The van der Waals surface area contributed by atoms with Crippen molar-refractivity contribution in [2.75, 3.05) is 11.5 Å². The summed E-state index contributed by atoms with van der Waals surface area (Å²) in [6.45, 7) is 1.61. The number of nitrogens with one attached hydrogen (secondary N) is 2. The van der Waals surface area contributed by atoms with Crippen molar-refractivity contribution < 1.29 is 22.8 Å². The highest BCUT2D eigenvalue weighted by atomic mass is 32.2. The van der Waals surface area contributed by atoms with Crippen LogP contribution in [-0.2, 0) is 10.0 Å². The first-order chi connectivity index (χ1) is 13.3. The van der Waals surface area contributed by atoms with Gasteiger partial charge in [0.15, 0.2) is 11.5 Å². The van der Waals surface area contributed by atoms with Gasteiger partial charge in [0.05, 0.1) is 16.0 Å². The molecule has 0 aliphatic carbocycles. The van der Waals surface area contributed by atoms with Gasteiger partial charge >= 0.3 is 0 Å². The Labute approximate surface area is 159 Å². The van der Waals surface area contributed by atoms with E-state index in [1.54, 1.807) is 18.2 Å². The Morgan fingerprint density at radius 1 is 1.18 bits per heavy atom. The summed E-state index contributed by atoms with van der Waals surface area (Å²) < 4.78 is 38.5. The Hall–Kier alpha value is -3.60. The van der Waals surface area contributed by atoms with Crippen LogP contribution in [0.1, 0.15) is 5.56 Å². The molecule has 11 heteroatoms. The Morgan fingerprint density at radius 2 is 1.96 bits per heavy atom. The summed E-state index contributed by atoms with van der Waals surface area (Å²) >= 11 is 0. The average Bonchev–Trinajstić information content (AvgIpc) is 3.29. The van der Waals surface area contributed by atoms with E-state index < -0.39 is 14.9 Å². The Balaban J connectivity index is 1.66. The Morgan fingerprint density at radius 3 is 2.71 bits per heavy atom.